The van der Waals surface area contributed by atoms with Crippen molar-refractivity contribution >= 4 is 17.6 Å². The standard InChI is InChI=1S/C21H27NO7/c1-26-19(24)10-14-9-16-15-8-13(22-21(25)12-4-6-27-7-5-12)2-3-17(15)29-20(16)18(11-23)28-14/h2-3,8,12,14,16,18,20,23H,4-7,9-11H2,1H3,(H,22,25)/t14-,16+,18-,20-/m0/s1. The summed E-state index contributed by atoms with van der Waals surface area (Å²) < 4.78 is 22.0. The third-order valence-electron chi connectivity index (χ3n) is 5.98. The minimum Gasteiger partial charge on any atom is -0.487 e. The number of methoxy groups -OCH3 is 1. The fourth-order valence-electron chi connectivity index (χ4n) is 4.44. The highest BCUT2D eigenvalue weighted by Gasteiger charge is 2.46. The van der Waals surface area contributed by atoms with Gasteiger partial charge in [-0.2, -0.15) is 0 Å². The summed E-state index contributed by atoms with van der Waals surface area (Å²) in [4.78, 5) is 24.2. The molecule has 0 aromatic heterocycles. The Hall–Kier alpha value is -2.16. The molecule has 0 aliphatic carbocycles. The first-order valence-corrected chi connectivity index (χ1v) is 10.1. The monoisotopic (exact) mass is 405 g/mol. The Morgan fingerprint density at radius 3 is 2.79 bits per heavy atom. The summed E-state index contributed by atoms with van der Waals surface area (Å²) in [5, 5.41) is 12.8. The van der Waals surface area contributed by atoms with E-state index < -0.39 is 6.10 Å². The molecule has 2 fully saturated rings. The van der Waals surface area contributed by atoms with Crippen molar-refractivity contribution in [2.45, 2.75) is 49.9 Å². The largest absolute Gasteiger partial charge is 0.487 e. The van der Waals surface area contributed by atoms with Crippen molar-refractivity contribution in [2.75, 3.05) is 32.2 Å². The minimum atomic E-state index is -0.518. The van der Waals surface area contributed by atoms with Gasteiger partial charge in [0.1, 0.15) is 18.0 Å². The molecule has 0 radical (unpaired) electrons. The van der Waals surface area contributed by atoms with Crippen LogP contribution in [0.5, 0.6) is 5.75 Å². The maximum Gasteiger partial charge on any atom is 0.308 e. The van der Waals surface area contributed by atoms with Crippen LogP contribution in [0.3, 0.4) is 0 Å². The molecule has 0 bridgehead atoms. The van der Waals surface area contributed by atoms with Gasteiger partial charge in [0, 0.05) is 36.3 Å². The van der Waals surface area contributed by atoms with E-state index in [1.165, 1.54) is 7.11 Å². The van der Waals surface area contributed by atoms with Crippen LogP contribution in [0, 0.1) is 5.92 Å². The van der Waals surface area contributed by atoms with Gasteiger partial charge in [0.05, 0.1) is 26.2 Å². The SMILES string of the molecule is COC(=O)C[C@@H]1C[C@@H]2c3cc(NC(=O)C4CCOCC4)ccc3O[C@@H]2[C@H](CO)O1. The van der Waals surface area contributed by atoms with Gasteiger partial charge in [0.2, 0.25) is 5.91 Å². The van der Waals surface area contributed by atoms with Crippen LogP contribution >= 0.6 is 0 Å². The van der Waals surface area contributed by atoms with Crippen LogP contribution < -0.4 is 10.1 Å². The minimum absolute atomic E-state index is 0.00694. The molecule has 2 saturated heterocycles. The molecule has 1 aromatic carbocycles. The van der Waals surface area contributed by atoms with Crippen LogP contribution in [0.4, 0.5) is 5.69 Å². The number of esters is 1. The Kier molecular flexibility index (Phi) is 6.03. The number of anilines is 1. The van der Waals surface area contributed by atoms with E-state index in [4.69, 9.17) is 18.9 Å². The average molecular weight is 405 g/mol. The van der Waals surface area contributed by atoms with Crippen LogP contribution in [-0.4, -0.2) is 62.2 Å². The molecular formula is C21H27NO7. The summed E-state index contributed by atoms with van der Waals surface area (Å²) in [5.74, 6) is 0.330. The molecular weight excluding hydrogens is 378 g/mol. The van der Waals surface area contributed by atoms with Crippen LogP contribution in [0.1, 0.15) is 37.2 Å². The van der Waals surface area contributed by atoms with E-state index in [-0.39, 0.29) is 48.9 Å². The highest BCUT2D eigenvalue weighted by molar-refractivity contribution is 5.92. The fourth-order valence-corrected chi connectivity index (χ4v) is 4.44. The van der Waals surface area contributed by atoms with Crippen molar-refractivity contribution in [3.05, 3.63) is 23.8 Å². The van der Waals surface area contributed by atoms with Crippen LogP contribution in [0.15, 0.2) is 18.2 Å². The van der Waals surface area contributed by atoms with E-state index in [1.54, 1.807) is 0 Å². The number of amides is 1. The van der Waals surface area contributed by atoms with Gasteiger partial charge in [0.25, 0.3) is 0 Å². The third kappa shape index (κ3) is 4.24. The molecule has 0 spiro atoms. The van der Waals surface area contributed by atoms with Gasteiger partial charge in [-0.05, 0) is 37.5 Å². The summed E-state index contributed by atoms with van der Waals surface area (Å²) in [7, 11) is 1.35. The van der Waals surface area contributed by atoms with Crippen molar-refractivity contribution in [3.8, 4) is 5.75 Å². The number of aliphatic hydroxyl groups is 1. The van der Waals surface area contributed by atoms with Crippen LogP contribution in [-0.2, 0) is 23.8 Å². The van der Waals surface area contributed by atoms with Crippen molar-refractivity contribution in [2.24, 2.45) is 5.92 Å². The first-order valence-electron chi connectivity index (χ1n) is 10.1. The second kappa shape index (κ2) is 8.69. The van der Waals surface area contributed by atoms with E-state index in [9.17, 15) is 14.7 Å². The maximum atomic E-state index is 12.6. The zero-order valence-corrected chi connectivity index (χ0v) is 16.5. The number of hydrogen-bond acceptors (Lipinski definition) is 7. The topological polar surface area (TPSA) is 103 Å². The van der Waals surface area contributed by atoms with Crippen molar-refractivity contribution in [3.63, 3.8) is 0 Å². The van der Waals surface area contributed by atoms with Gasteiger partial charge in [-0.3, -0.25) is 9.59 Å². The van der Waals surface area contributed by atoms with Crippen molar-refractivity contribution in [1.29, 1.82) is 0 Å². The molecule has 3 aliphatic rings. The molecule has 3 aliphatic heterocycles. The molecule has 2 N–H and O–H groups in total. The number of hydrogen-bond donors (Lipinski definition) is 2. The zero-order valence-electron chi connectivity index (χ0n) is 16.5. The number of carbonyl (C=O) groups is 2. The maximum absolute atomic E-state index is 12.6. The number of ether oxygens (including phenoxy) is 4. The first kappa shape index (κ1) is 20.1. The molecule has 3 heterocycles. The third-order valence-corrected chi connectivity index (χ3v) is 5.98. The van der Waals surface area contributed by atoms with Crippen molar-refractivity contribution < 1.29 is 33.6 Å². The lowest BCUT2D eigenvalue weighted by Gasteiger charge is -2.36. The van der Waals surface area contributed by atoms with Gasteiger partial charge >= 0.3 is 5.97 Å². The molecule has 0 saturated carbocycles. The quantitative estimate of drug-likeness (QED) is 0.718. The van der Waals surface area contributed by atoms with Crippen LogP contribution in [0.2, 0.25) is 0 Å². The van der Waals surface area contributed by atoms with E-state index in [2.05, 4.69) is 5.32 Å². The Bertz CT molecular complexity index is 761. The molecule has 4 atom stereocenters. The number of aliphatic hydroxyl groups excluding tert-OH is 1. The predicted molar refractivity (Wildman–Crippen MR) is 103 cm³/mol. The Morgan fingerprint density at radius 2 is 2.07 bits per heavy atom. The second-order valence-corrected chi connectivity index (χ2v) is 7.81. The summed E-state index contributed by atoms with van der Waals surface area (Å²) in [5.41, 5.74) is 1.69. The van der Waals surface area contributed by atoms with Gasteiger partial charge in [-0.25, -0.2) is 0 Å². The Labute approximate surface area is 169 Å². The average Bonchev–Trinajstić information content (AvgIpc) is 3.11. The van der Waals surface area contributed by atoms with E-state index in [0.29, 0.717) is 19.6 Å². The lowest BCUT2D eigenvalue weighted by atomic mass is 9.84. The summed E-state index contributed by atoms with van der Waals surface area (Å²) >= 11 is 0. The number of fused-ring (bicyclic) bond motifs is 3. The van der Waals surface area contributed by atoms with E-state index >= 15 is 0 Å². The predicted octanol–water partition coefficient (Wildman–Crippen LogP) is 1.61. The fraction of sp³-hybridized carbons (Fsp3) is 0.619. The molecule has 29 heavy (non-hydrogen) atoms. The molecule has 8 heteroatoms. The van der Waals surface area contributed by atoms with Crippen LogP contribution in [0.25, 0.3) is 0 Å². The van der Waals surface area contributed by atoms with Crippen molar-refractivity contribution in [1.82, 2.24) is 0 Å². The normalized spacial score (nSPS) is 28.8. The molecule has 8 nitrogen and oxygen atoms in total. The summed E-state index contributed by atoms with van der Waals surface area (Å²) in [6, 6.07) is 5.61. The molecule has 158 valence electrons. The van der Waals surface area contributed by atoms with Gasteiger partial charge in [-0.15, -0.1) is 0 Å². The molecule has 1 aromatic rings. The number of benzene rings is 1. The highest BCUT2D eigenvalue weighted by atomic mass is 16.6. The van der Waals surface area contributed by atoms with Gasteiger partial charge in [0.15, 0.2) is 0 Å². The van der Waals surface area contributed by atoms with Gasteiger partial charge in [-0.1, -0.05) is 0 Å². The smallest absolute Gasteiger partial charge is 0.308 e. The number of nitrogens with one attached hydrogen (secondary N) is 1. The lowest BCUT2D eigenvalue weighted by molar-refractivity contribution is -0.156. The zero-order chi connectivity index (χ0) is 20.4. The van der Waals surface area contributed by atoms with E-state index in [0.717, 1.165) is 29.8 Å². The molecule has 4 rings (SSSR count). The summed E-state index contributed by atoms with van der Waals surface area (Å²) in [6.07, 6.45) is 0.995. The Morgan fingerprint density at radius 1 is 1.28 bits per heavy atom. The Balaban J connectivity index is 1.50. The highest BCUT2D eigenvalue weighted by Crippen LogP contribution is 2.47. The molecule has 1 amide bonds. The number of carbonyl (C=O) groups excluding carboxylic acids is 2. The lowest BCUT2D eigenvalue weighted by Crippen LogP contribution is -2.46. The second-order valence-electron chi connectivity index (χ2n) is 7.81. The first-order chi connectivity index (χ1) is 14.1. The number of rotatable bonds is 5. The van der Waals surface area contributed by atoms with E-state index in [1.807, 2.05) is 18.2 Å². The summed E-state index contributed by atoms with van der Waals surface area (Å²) in [6.45, 7) is 1.04. The van der Waals surface area contributed by atoms with Gasteiger partial charge < -0.3 is 29.4 Å². The molecule has 0 unspecified atom stereocenters.